The maximum absolute atomic E-state index is 11.9. The quantitative estimate of drug-likeness (QED) is 0.539. The van der Waals surface area contributed by atoms with Gasteiger partial charge in [0.2, 0.25) is 0 Å². The monoisotopic (exact) mass is 370 g/mol. The molecule has 0 unspecified atom stereocenters. The summed E-state index contributed by atoms with van der Waals surface area (Å²) in [7, 11) is 3.14. The van der Waals surface area contributed by atoms with Gasteiger partial charge in [-0.2, -0.15) is 5.10 Å². The van der Waals surface area contributed by atoms with Crippen molar-refractivity contribution in [3.05, 3.63) is 53.6 Å². The molecular weight excluding hydrogens is 344 g/mol. The molecule has 0 aliphatic rings. The number of hydrazone groups is 1. The Morgan fingerprint density at radius 2 is 1.81 bits per heavy atom. The summed E-state index contributed by atoms with van der Waals surface area (Å²) >= 11 is 0. The van der Waals surface area contributed by atoms with Crippen LogP contribution in [0.1, 0.15) is 37.3 Å². The topological polar surface area (TPSA) is 69.2 Å². The number of carbonyl (C=O) groups is 1. The highest BCUT2D eigenvalue weighted by atomic mass is 16.5. The standard InChI is InChI=1S/C21H26N2O4/c1-5-15(2)17-7-9-18(10-8-17)27-14-21(24)23-22-13-16-6-11-19(25-3)20(12-16)26-4/h6-13,15H,5,14H2,1-4H3,(H,23,24)/b22-13-/t15-/m1/s1. The van der Waals surface area contributed by atoms with Crippen LogP contribution in [0, 0.1) is 0 Å². The van der Waals surface area contributed by atoms with Gasteiger partial charge in [-0.1, -0.05) is 26.0 Å². The Morgan fingerprint density at radius 1 is 1.11 bits per heavy atom. The lowest BCUT2D eigenvalue weighted by Gasteiger charge is -2.10. The minimum absolute atomic E-state index is 0.105. The molecule has 144 valence electrons. The largest absolute Gasteiger partial charge is 0.493 e. The van der Waals surface area contributed by atoms with E-state index in [1.165, 1.54) is 11.8 Å². The molecule has 0 fully saturated rings. The van der Waals surface area contributed by atoms with Crippen molar-refractivity contribution in [1.29, 1.82) is 0 Å². The molecule has 0 heterocycles. The minimum Gasteiger partial charge on any atom is -0.493 e. The average molecular weight is 370 g/mol. The van der Waals surface area contributed by atoms with Gasteiger partial charge >= 0.3 is 0 Å². The van der Waals surface area contributed by atoms with E-state index in [1.807, 2.05) is 30.3 Å². The van der Waals surface area contributed by atoms with Crippen LogP contribution in [0.5, 0.6) is 17.2 Å². The van der Waals surface area contributed by atoms with Crippen molar-refractivity contribution < 1.29 is 19.0 Å². The van der Waals surface area contributed by atoms with Crippen LogP contribution < -0.4 is 19.6 Å². The van der Waals surface area contributed by atoms with Crippen molar-refractivity contribution >= 4 is 12.1 Å². The van der Waals surface area contributed by atoms with E-state index in [0.29, 0.717) is 23.2 Å². The van der Waals surface area contributed by atoms with Crippen LogP contribution in [0.15, 0.2) is 47.6 Å². The van der Waals surface area contributed by atoms with Crippen LogP contribution in [0.4, 0.5) is 0 Å². The van der Waals surface area contributed by atoms with Gasteiger partial charge in [0.15, 0.2) is 18.1 Å². The zero-order chi connectivity index (χ0) is 19.6. The Kier molecular flexibility index (Phi) is 7.67. The van der Waals surface area contributed by atoms with Gasteiger partial charge in [0, 0.05) is 0 Å². The summed E-state index contributed by atoms with van der Waals surface area (Å²) in [6, 6.07) is 13.2. The molecule has 1 N–H and O–H groups in total. The van der Waals surface area contributed by atoms with Gasteiger partial charge in [0.1, 0.15) is 5.75 Å². The lowest BCUT2D eigenvalue weighted by atomic mass is 9.99. The molecule has 0 aliphatic heterocycles. The van der Waals surface area contributed by atoms with E-state index in [0.717, 1.165) is 12.0 Å². The number of hydrogen-bond acceptors (Lipinski definition) is 5. The van der Waals surface area contributed by atoms with Gasteiger partial charge in [0.05, 0.1) is 20.4 Å². The molecule has 0 aromatic heterocycles. The fourth-order valence-corrected chi connectivity index (χ4v) is 2.42. The molecule has 0 aliphatic carbocycles. The lowest BCUT2D eigenvalue weighted by molar-refractivity contribution is -0.123. The molecule has 6 heteroatoms. The van der Waals surface area contributed by atoms with Gasteiger partial charge in [-0.15, -0.1) is 0 Å². The van der Waals surface area contributed by atoms with Gasteiger partial charge in [-0.25, -0.2) is 5.43 Å². The van der Waals surface area contributed by atoms with E-state index in [4.69, 9.17) is 14.2 Å². The Morgan fingerprint density at radius 3 is 2.44 bits per heavy atom. The summed E-state index contributed by atoms with van der Waals surface area (Å²) in [4.78, 5) is 11.9. The average Bonchev–Trinajstić information content (AvgIpc) is 2.71. The third kappa shape index (κ3) is 6.02. The van der Waals surface area contributed by atoms with E-state index < -0.39 is 0 Å². The predicted octanol–water partition coefficient (Wildman–Crippen LogP) is 3.75. The first kappa shape index (κ1) is 20.3. The minimum atomic E-state index is -0.335. The summed E-state index contributed by atoms with van der Waals surface area (Å²) in [5, 5.41) is 3.93. The molecule has 1 amide bonds. The Balaban J connectivity index is 1.83. The summed E-state index contributed by atoms with van der Waals surface area (Å²) in [5.41, 5.74) is 4.47. The second-order valence-corrected chi connectivity index (χ2v) is 6.07. The first-order chi connectivity index (χ1) is 13.1. The van der Waals surface area contributed by atoms with Crippen molar-refractivity contribution in [2.75, 3.05) is 20.8 Å². The van der Waals surface area contributed by atoms with Gasteiger partial charge < -0.3 is 14.2 Å². The Labute approximate surface area is 160 Å². The number of ether oxygens (including phenoxy) is 3. The van der Waals surface area contributed by atoms with Crippen LogP contribution in [0.2, 0.25) is 0 Å². The second-order valence-electron chi connectivity index (χ2n) is 6.07. The molecule has 0 radical (unpaired) electrons. The number of carbonyl (C=O) groups excluding carboxylic acids is 1. The summed E-state index contributed by atoms with van der Waals surface area (Å²) < 4.78 is 15.9. The molecule has 0 saturated carbocycles. The van der Waals surface area contributed by atoms with Crippen LogP contribution in [-0.2, 0) is 4.79 Å². The van der Waals surface area contributed by atoms with Crippen LogP contribution >= 0.6 is 0 Å². The SMILES string of the molecule is CC[C@@H](C)c1ccc(OCC(=O)N/N=C\c2ccc(OC)c(OC)c2)cc1. The number of hydrogen-bond donors (Lipinski definition) is 1. The molecule has 0 saturated heterocycles. The van der Waals surface area contributed by atoms with Crippen molar-refractivity contribution in [3.8, 4) is 17.2 Å². The number of rotatable bonds is 9. The van der Waals surface area contributed by atoms with Crippen molar-refractivity contribution in [3.63, 3.8) is 0 Å². The molecule has 6 nitrogen and oxygen atoms in total. The molecule has 2 aromatic carbocycles. The van der Waals surface area contributed by atoms with Crippen molar-refractivity contribution in [2.24, 2.45) is 5.10 Å². The number of methoxy groups -OCH3 is 2. The normalized spacial score (nSPS) is 11.9. The third-order valence-corrected chi connectivity index (χ3v) is 4.24. The lowest BCUT2D eigenvalue weighted by Crippen LogP contribution is -2.24. The molecule has 1 atom stereocenters. The zero-order valence-electron chi connectivity index (χ0n) is 16.2. The predicted molar refractivity (Wildman–Crippen MR) is 106 cm³/mol. The highest BCUT2D eigenvalue weighted by Crippen LogP contribution is 2.26. The third-order valence-electron chi connectivity index (χ3n) is 4.24. The second kappa shape index (κ2) is 10.2. The van der Waals surface area contributed by atoms with Crippen LogP contribution in [0.3, 0.4) is 0 Å². The summed E-state index contributed by atoms with van der Waals surface area (Å²) in [6.45, 7) is 4.23. The Hall–Kier alpha value is -3.02. The molecule has 2 aromatic rings. The van der Waals surface area contributed by atoms with E-state index in [2.05, 4.69) is 24.4 Å². The van der Waals surface area contributed by atoms with Crippen molar-refractivity contribution in [2.45, 2.75) is 26.2 Å². The maximum Gasteiger partial charge on any atom is 0.277 e. The highest BCUT2D eigenvalue weighted by Gasteiger charge is 2.05. The number of nitrogens with one attached hydrogen (secondary N) is 1. The van der Waals surface area contributed by atoms with Gasteiger partial charge in [0.25, 0.3) is 5.91 Å². The van der Waals surface area contributed by atoms with Gasteiger partial charge in [-0.05, 0) is 53.8 Å². The van der Waals surface area contributed by atoms with Crippen molar-refractivity contribution in [1.82, 2.24) is 5.43 Å². The summed E-state index contributed by atoms with van der Waals surface area (Å²) in [6.07, 6.45) is 2.61. The fourth-order valence-electron chi connectivity index (χ4n) is 2.42. The maximum atomic E-state index is 11.9. The van der Waals surface area contributed by atoms with Crippen LogP contribution in [0.25, 0.3) is 0 Å². The zero-order valence-corrected chi connectivity index (χ0v) is 16.2. The number of nitrogens with zero attached hydrogens (tertiary/aromatic N) is 1. The molecule has 0 bridgehead atoms. The smallest absolute Gasteiger partial charge is 0.277 e. The van der Waals surface area contributed by atoms with E-state index in [9.17, 15) is 4.79 Å². The molecule has 0 spiro atoms. The Bertz CT molecular complexity index is 772. The molecular formula is C21H26N2O4. The van der Waals surface area contributed by atoms with E-state index >= 15 is 0 Å². The van der Waals surface area contributed by atoms with Crippen LogP contribution in [-0.4, -0.2) is 32.9 Å². The first-order valence-corrected chi connectivity index (χ1v) is 8.84. The molecule has 27 heavy (non-hydrogen) atoms. The highest BCUT2D eigenvalue weighted by molar-refractivity contribution is 5.83. The van der Waals surface area contributed by atoms with E-state index in [-0.39, 0.29) is 12.5 Å². The summed E-state index contributed by atoms with van der Waals surface area (Å²) in [5.74, 6) is 2.05. The fraction of sp³-hybridized carbons (Fsp3) is 0.333. The van der Waals surface area contributed by atoms with E-state index in [1.54, 1.807) is 26.4 Å². The molecule has 2 rings (SSSR count). The number of amides is 1. The first-order valence-electron chi connectivity index (χ1n) is 8.84. The van der Waals surface area contributed by atoms with Gasteiger partial charge in [-0.3, -0.25) is 4.79 Å². The number of benzene rings is 2.